The molecule has 200 valence electrons. The summed E-state index contributed by atoms with van der Waals surface area (Å²) in [7, 11) is 1.59. The molecule has 0 aliphatic rings. The molecule has 0 radical (unpaired) electrons. The highest BCUT2D eigenvalue weighted by molar-refractivity contribution is 14.1. The van der Waals surface area contributed by atoms with Crippen LogP contribution >= 0.6 is 22.6 Å². The molecule has 0 unspecified atom stereocenters. The van der Waals surface area contributed by atoms with Crippen LogP contribution in [0.2, 0.25) is 0 Å². The summed E-state index contributed by atoms with van der Waals surface area (Å²) in [4.78, 5) is 12.8. The second-order valence-electron chi connectivity index (χ2n) is 8.38. The highest BCUT2D eigenvalue weighted by atomic mass is 127. The molecule has 0 heterocycles. The molecule has 4 aromatic rings. The molecule has 0 bridgehead atoms. The van der Waals surface area contributed by atoms with E-state index in [1.165, 1.54) is 0 Å². The number of carbonyl (C=O) groups excluding carboxylic acids is 1. The molecule has 8 heteroatoms. The van der Waals surface area contributed by atoms with Crippen LogP contribution in [0.15, 0.2) is 96.1 Å². The summed E-state index contributed by atoms with van der Waals surface area (Å²) >= 11 is 2.20. The van der Waals surface area contributed by atoms with Crippen molar-refractivity contribution in [2.45, 2.75) is 20.1 Å². The van der Waals surface area contributed by atoms with E-state index in [-0.39, 0.29) is 5.91 Å². The third-order valence-electron chi connectivity index (χ3n) is 5.60. The first-order valence-corrected chi connectivity index (χ1v) is 13.5. The summed E-state index contributed by atoms with van der Waals surface area (Å²) in [6.07, 6.45) is 1.56. The van der Waals surface area contributed by atoms with Crippen molar-refractivity contribution in [3.63, 3.8) is 0 Å². The molecule has 0 aliphatic carbocycles. The number of hydrogen-bond acceptors (Lipinski definition) is 6. The Bertz CT molecular complexity index is 1410. The van der Waals surface area contributed by atoms with Gasteiger partial charge in [-0.3, -0.25) is 4.79 Å². The second-order valence-corrected chi connectivity index (χ2v) is 9.54. The highest BCUT2D eigenvalue weighted by Gasteiger charge is 2.13. The number of hydrazone groups is 1. The number of methoxy groups -OCH3 is 1. The normalized spacial score (nSPS) is 10.7. The predicted octanol–water partition coefficient (Wildman–Crippen LogP) is 6.62. The Kier molecular flexibility index (Phi) is 10.2. The Balaban J connectivity index is 1.40. The van der Waals surface area contributed by atoms with E-state index in [4.69, 9.17) is 18.9 Å². The van der Waals surface area contributed by atoms with Crippen LogP contribution in [0, 0.1) is 3.57 Å². The molecular formula is C31H29IN2O5. The first-order valence-electron chi connectivity index (χ1n) is 12.4. The Morgan fingerprint density at radius 1 is 0.821 bits per heavy atom. The quantitative estimate of drug-likeness (QED) is 0.108. The van der Waals surface area contributed by atoms with Crippen molar-refractivity contribution in [2.24, 2.45) is 5.10 Å². The van der Waals surface area contributed by atoms with Crippen LogP contribution in [0.4, 0.5) is 0 Å². The molecule has 0 fully saturated rings. The van der Waals surface area contributed by atoms with Crippen molar-refractivity contribution in [2.75, 3.05) is 13.7 Å². The van der Waals surface area contributed by atoms with Gasteiger partial charge in [-0.15, -0.1) is 0 Å². The molecule has 4 aromatic carbocycles. The number of rotatable bonds is 12. The van der Waals surface area contributed by atoms with Gasteiger partial charge in [0.2, 0.25) is 0 Å². The molecule has 39 heavy (non-hydrogen) atoms. The minimum atomic E-state index is -0.369. The van der Waals surface area contributed by atoms with Gasteiger partial charge in [0.15, 0.2) is 23.0 Å². The Hall–Kier alpha value is -4.05. The van der Waals surface area contributed by atoms with Crippen LogP contribution < -0.4 is 24.4 Å². The van der Waals surface area contributed by atoms with Crippen molar-refractivity contribution >= 4 is 34.7 Å². The van der Waals surface area contributed by atoms with Crippen LogP contribution in [0.25, 0.3) is 0 Å². The van der Waals surface area contributed by atoms with Gasteiger partial charge in [0.1, 0.15) is 13.2 Å². The maximum Gasteiger partial charge on any atom is 0.271 e. The lowest BCUT2D eigenvalue weighted by Gasteiger charge is -2.14. The molecule has 0 saturated carbocycles. The fourth-order valence-corrected chi connectivity index (χ4v) is 4.47. The number of nitrogens with zero attached hydrogens (tertiary/aromatic N) is 1. The number of carbonyl (C=O) groups is 1. The van der Waals surface area contributed by atoms with E-state index < -0.39 is 0 Å². The van der Waals surface area contributed by atoms with Gasteiger partial charge in [0, 0.05) is 5.56 Å². The summed E-state index contributed by atoms with van der Waals surface area (Å²) in [6.45, 7) is 3.15. The van der Waals surface area contributed by atoms with Gasteiger partial charge in [-0.25, -0.2) is 5.43 Å². The van der Waals surface area contributed by atoms with Gasteiger partial charge in [-0.1, -0.05) is 60.7 Å². The fourth-order valence-electron chi connectivity index (χ4n) is 3.69. The molecular weight excluding hydrogens is 607 g/mol. The van der Waals surface area contributed by atoms with Gasteiger partial charge >= 0.3 is 0 Å². The number of amides is 1. The molecule has 0 aliphatic heterocycles. The van der Waals surface area contributed by atoms with E-state index in [1.54, 1.807) is 31.5 Å². The van der Waals surface area contributed by atoms with Gasteiger partial charge in [0.25, 0.3) is 5.91 Å². The minimum absolute atomic E-state index is 0.369. The van der Waals surface area contributed by atoms with Crippen LogP contribution in [-0.4, -0.2) is 25.8 Å². The lowest BCUT2D eigenvalue weighted by molar-refractivity contribution is 0.0954. The Labute approximate surface area is 241 Å². The molecule has 1 amide bonds. The molecule has 7 nitrogen and oxygen atoms in total. The zero-order valence-electron chi connectivity index (χ0n) is 21.7. The van der Waals surface area contributed by atoms with Crippen LogP contribution in [-0.2, 0) is 13.2 Å². The summed E-state index contributed by atoms with van der Waals surface area (Å²) in [5.74, 6) is 1.93. The molecule has 4 rings (SSSR count). The van der Waals surface area contributed by atoms with E-state index in [9.17, 15) is 4.79 Å². The monoisotopic (exact) mass is 636 g/mol. The van der Waals surface area contributed by atoms with Crippen LogP contribution in [0.1, 0.15) is 34.0 Å². The van der Waals surface area contributed by atoms with E-state index in [2.05, 4.69) is 33.1 Å². The second kappa shape index (κ2) is 14.2. The summed E-state index contributed by atoms with van der Waals surface area (Å²) in [6, 6.07) is 28.6. The van der Waals surface area contributed by atoms with Crippen molar-refractivity contribution in [1.82, 2.24) is 5.43 Å². The van der Waals surface area contributed by atoms with Crippen molar-refractivity contribution < 1.29 is 23.7 Å². The smallest absolute Gasteiger partial charge is 0.271 e. The van der Waals surface area contributed by atoms with Gasteiger partial charge in [-0.05, 0) is 76.5 Å². The largest absolute Gasteiger partial charge is 0.493 e. The van der Waals surface area contributed by atoms with Crippen molar-refractivity contribution in [1.29, 1.82) is 0 Å². The topological polar surface area (TPSA) is 78.4 Å². The van der Waals surface area contributed by atoms with E-state index in [0.29, 0.717) is 48.4 Å². The third-order valence-corrected chi connectivity index (χ3v) is 6.40. The van der Waals surface area contributed by atoms with Crippen molar-refractivity contribution in [3.8, 4) is 23.0 Å². The maximum absolute atomic E-state index is 12.8. The summed E-state index contributed by atoms with van der Waals surface area (Å²) < 4.78 is 24.1. The van der Waals surface area contributed by atoms with Crippen LogP contribution in [0.5, 0.6) is 23.0 Å². The number of benzene rings is 4. The molecule has 0 aromatic heterocycles. The van der Waals surface area contributed by atoms with Gasteiger partial charge in [-0.2, -0.15) is 5.10 Å². The Morgan fingerprint density at radius 3 is 2.13 bits per heavy atom. The van der Waals surface area contributed by atoms with E-state index in [0.717, 1.165) is 20.3 Å². The first-order chi connectivity index (χ1) is 19.1. The number of hydrogen-bond donors (Lipinski definition) is 1. The lowest BCUT2D eigenvalue weighted by Crippen LogP contribution is -2.17. The fraction of sp³-hybridized carbons (Fsp3) is 0.161. The van der Waals surface area contributed by atoms with E-state index >= 15 is 0 Å². The van der Waals surface area contributed by atoms with Crippen LogP contribution in [0.3, 0.4) is 0 Å². The molecule has 0 atom stereocenters. The molecule has 0 saturated heterocycles. The maximum atomic E-state index is 12.8. The van der Waals surface area contributed by atoms with Gasteiger partial charge < -0.3 is 18.9 Å². The van der Waals surface area contributed by atoms with Gasteiger partial charge in [0.05, 0.1) is 23.5 Å². The summed E-state index contributed by atoms with van der Waals surface area (Å²) in [5.41, 5.74) is 5.83. The summed E-state index contributed by atoms with van der Waals surface area (Å²) in [5, 5.41) is 4.14. The minimum Gasteiger partial charge on any atom is -0.493 e. The first kappa shape index (κ1) is 28.0. The van der Waals surface area contributed by atoms with E-state index in [1.807, 2.05) is 79.7 Å². The number of nitrogens with one attached hydrogen (secondary N) is 1. The number of halogens is 1. The number of ether oxygens (including phenoxy) is 4. The molecule has 0 spiro atoms. The standard InChI is InChI=1S/C31H29IN2O5/c1-3-37-28-18-25(14-15-27(28)38-20-22-10-6-4-7-11-22)31(35)34-33-19-24-16-26(32)30(29(17-24)36-2)39-21-23-12-8-5-9-13-23/h4-19H,3,20-21H2,1-2H3,(H,34,35)/b33-19+. The third kappa shape index (κ3) is 7.97. The zero-order chi connectivity index (χ0) is 27.5. The zero-order valence-corrected chi connectivity index (χ0v) is 23.9. The highest BCUT2D eigenvalue weighted by Crippen LogP contribution is 2.34. The van der Waals surface area contributed by atoms with Crippen molar-refractivity contribution in [3.05, 3.63) is 117 Å². The lowest BCUT2D eigenvalue weighted by atomic mass is 10.2. The molecule has 1 N–H and O–H groups in total. The average molecular weight is 636 g/mol. The SMILES string of the molecule is CCOc1cc(C(=O)N/N=C/c2cc(I)c(OCc3ccccc3)c(OC)c2)ccc1OCc1ccccc1. The predicted molar refractivity (Wildman–Crippen MR) is 160 cm³/mol. The average Bonchev–Trinajstić information content (AvgIpc) is 2.97. The Morgan fingerprint density at radius 2 is 1.49 bits per heavy atom.